The molecule has 0 aliphatic rings. The molecule has 0 bridgehead atoms. The highest BCUT2D eigenvalue weighted by Crippen LogP contribution is 2.34. The Labute approximate surface area is 215 Å². The highest BCUT2D eigenvalue weighted by atomic mass is 35.5. The molecule has 0 radical (unpaired) electrons. The van der Waals surface area contributed by atoms with E-state index in [1.54, 1.807) is 37.3 Å². The number of benzene rings is 3. The van der Waals surface area contributed by atoms with Crippen molar-refractivity contribution >= 4 is 39.9 Å². The lowest BCUT2D eigenvalue weighted by Gasteiger charge is -2.20. The van der Waals surface area contributed by atoms with Gasteiger partial charge in [-0.2, -0.15) is 0 Å². The number of rotatable bonds is 7. The second-order valence-electron chi connectivity index (χ2n) is 9.50. The molecule has 3 aromatic carbocycles. The fourth-order valence-electron chi connectivity index (χ4n) is 3.78. The Morgan fingerprint density at radius 1 is 1.00 bits per heavy atom. The van der Waals surface area contributed by atoms with E-state index in [2.05, 4.69) is 26.1 Å². The Hall–Kier alpha value is -3.77. The molecule has 0 aliphatic carbocycles. The van der Waals surface area contributed by atoms with Crippen LogP contribution < -0.4 is 14.8 Å². The number of ketones is 1. The Kier molecular flexibility index (Phi) is 7.09. The quantitative estimate of drug-likeness (QED) is 0.273. The van der Waals surface area contributed by atoms with Crippen molar-refractivity contribution in [3.63, 3.8) is 0 Å². The highest BCUT2D eigenvalue weighted by Gasteiger charge is 2.26. The molecule has 0 spiro atoms. The molecular formula is C29H28ClNO5. The number of carbonyl (C=O) groups is 2. The summed E-state index contributed by atoms with van der Waals surface area (Å²) in [5.74, 6) is 0.202. The summed E-state index contributed by atoms with van der Waals surface area (Å²) in [6, 6.07) is 19.5. The molecule has 4 rings (SSSR count). The van der Waals surface area contributed by atoms with Crippen LogP contribution in [0.5, 0.6) is 11.5 Å². The Morgan fingerprint density at radius 2 is 1.69 bits per heavy atom. The molecule has 7 heteroatoms. The van der Waals surface area contributed by atoms with Crippen molar-refractivity contribution in [3.05, 3.63) is 88.6 Å². The molecule has 0 saturated carbocycles. The van der Waals surface area contributed by atoms with Crippen LogP contribution >= 0.6 is 11.6 Å². The lowest BCUT2D eigenvalue weighted by molar-refractivity contribution is -0.122. The number of furan rings is 1. The SMILES string of the molecule is COc1ccc(C(=O)c2oc3ccccc3c2NC(=O)C(C)Oc2ccc(C(C)(C)C)cc2)cc1Cl. The van der Waals surface area contributed by atoms with E-state index in [9.17, 15) is 9.59 Å². The van der Waals surface area contributed by atoms with Gasteiger partial charge in [-0.25, -0.2) is 0 Å². The Bertz CT molecular complexity index is 1420. The maximum atomic E-state index is 13.4. The van der Waals surface area contributed by atoms with Gasteiger partial charge >= 0.3 is 0 Å². The predicted molar refractivity (Wildman–Crippen MR) is 142 cm³/mol. The molecule has 1 atom stereocenters. The van der Waals surface area contributed by atoms with E-state index in [4.69, 9.17) is 25.5 Å². The number of halogens is 1. The lowest BCUT2D eigenvalue weighted by atomic mass is 9.87. The number of methoxy groups -OCH3 is 1. The van der Waals surface area contributed by atoms with Crippen LogP contribution in [0.1, 0.15) is 49.4 Å². The van der Waals surface area contributed by atoms with E-state index in [0.717, 1.165) is 0 Å². The minimum absolute atomic E-state index is 0.00696. The average Bonchev–Trinajstić information content (AvgIpc) is 3.21. The lowest BCUT2D eigenvalue weighted by Crippen LogP contribution is -2.30. The van der Waals surface area contributed by atoms with Crippen LogP contribution in [0.2, 0.25) is 5.02 Å². The minimum atomic E-state index is -0.822. The second-order valence-corrected chi connectivity index (χ2v) is 9.91. The monoisotopic (exact) mass is 505 g/mol. The van der Waals surface area contributed by atoms with Crippen molar-refractivity contribution in [3.8, 4) is 11.5 Å². The van der Waals surface area contributed by atoms with Crippen LogP contribution in [0.25, 0.3) is 11.0 Å². The van der Waals surface area contributed by atoms with Crippen molar-refractivity contribution in [2.75, 3.05) is 12.4 Å². The number of para-hydroxylation sites is 1. The molecule has 1 N–H and O–H groups in total. The van der Waals surface area contributed by atoms with Crippen molar-refractivity contribution in [2.45, 2.75) is 39.2 Å². The summed E-state index contributed by atoms with van der Waals surface area (Å²) in [5.41, 5.74) is 2.24. The molecular weight excluding hydrogens is 478 g/mol. The summed E-state index contributed by atoms with van der Waals surface area (Å²) in [4.78, 5) is 26.5. The smallest absolute Gasteiger partial charge is 0.265 e. The summed E-state index contributed by atoms with van der Waals surface area (Å²) in [5, 5.41) is 3.74. The Morgan fingerprint density at radius 3 is 2.33 bits per heavy atom. The van der Waals surface area contributed by atoms with Crippen LogP contribution in [0.15, 0.2) is 71.1 Å². The summed E-state index contributed by atoms with van der Waals surface area (Å²) < 4.78 is 16.9. The van der Waals surface area contributed by atoms with E-state index in [-0.39, 0.29) is 16.9 Å². The zero-order chi connectivity index (χ0) is 26.0. The number of carbonyl (C=O) groups excluding carboxylic acids is 2. The van der Waals surface area contributed by atoms with Crippen molar-refractivity contribution < 1.29 is 23.5 Å². The number of fused-ring (bicyclic) bond motifs is 1. The van der Waals surface area contributed by atoms with Gasteiger partial charge in [0.1, 0.15) is 17.1 Å². The first-order valence-electron chi connectivity index (χ1n) is 11.6. The van der Waals surface area contributed by atoms with E-state index in [1.165, 1.54) is 18.7 Å². The van der Waals surface area contributed by atoms with Gasteiger partial charge in [0.15, 0.2) is 11.9 Å². The molecule has 186 valence electrons. The zero-order valence-corrected chi connectivity index (χ0v) is 21.6. The standard InChI is InChI=1S/C29H28ClNO5/c1-17(35-20-13-11-19(12-14-20)29(2,3)4)28(33)31-25-21-8-6-7-9-23(21)36-27(25)26(32)18-10-15-24(34-5)22(30)16-18/h6-17H,1-5H3,(H,31,33). The first-order chi connectivity index (χ1) is 17.1. The minimum Gasteiger partial charge on any atom is -0.495 e. The molecule has 0 fully saturated rings. The number of anilines is 1. The summed E-state index contributed by atoms with van der Waals surface area (Å²) in [6.07, 6.45) is -0.822. The molecule has 4 aromatic rings. The Balaban J connectivity index is 1.60. The van der Waals surface area contributed by atoms with Gasteiger partial charge in [0.2, 0.25) is 5.78 Å². The van der Waals surface area contributed by atoms with E-state index >= 15 is 0 Å². The van der Waals surface area contributed by atoms with Gasteiger partial charge in [0.05, 0.1) is 17.8 Å². The number of nitrogens with one attached hydrogen (secondary N) is 1. The van der Waals surface area contributed by atoms with Crippen LogP contribution in [-0.2, 0) is 10.2 Å². The van der Waals surface area contributed by atoms with Gasteiger partial charge in [-0.3, -0.25) is 9.59 Å². The predicted octanol–water partition coefficient (Wildman–Crippen LogP) is 7.03. The molecule has 1 amide bonds. The number of hydrogen-bond acceptors (Lipinski definition) is 5. The molecule has 0 aliphatic heterocycles. The third kappa shape index (κ3) is 5.24. The fraction of sp³-hybridized carbons (Fsp3) is 0.241. The average molecular weight is 506 g/mol. The van der Waals surface area contributed by atoms with Crippen LogP contribution in [0, 0.1) is 0 Å². The molecule has 1 unspecified atom stereocenters. The molecule has 6 nitrogen and oxygen atoms in total. The number of hydrogen-bond donors (Lipinski definition) is 1. The summed E-state index contributed by atoms with van der Waals surface area (Å²) in [6.45, 7) is 8.05. The molecule has 1 aromatic heterocycles. The van der Waals surface area contributed by atoms with Gasteiger partial charge in [-0.05, 0) is 60.4 Å². The second kappa shape index (κ2) is 10.1. The molecule has 0 saturated heterocycles. The van der Waals surface area contributed by atoms with Crippen molar-refractivity contribution in [1.29, 1.82) is 0 Å². The number of amides is 1. The van der Waals surface area contributed by atoms with Gasteiger partial charge < -0.3 is 19.2 Å². The topological polar surface area (TPSA) is 77.8 Å². The van der Waals surface area contributed by atoms with Gasteiger partial charge in [0, 0.05) is 10.9 Å². The fourth-order valence-corrected chi connectivity index (χ4v) is 4.04. The normalized spacial score (nSPS) is 12.3. The maximum absolute atomic E-state index is 13.4. The maximum Gasteiger partial charge on any atom is 0.265 e. The molecule has 36 heavy (non-hydrogen) atoms. The van der Waals surface area contributed by atoms with Gasteiger partial charge in [-0.1, -0.05) is 56.6 Å². The van der Waals surface area contributed by atoms with Crippen molar-refractivity contribution in [2.24, 2.45) is 0 Å². The highest BCUT2D eigenvalue weighted by molar-refractivity contribution is 6.32. The summed E-state index contributed by atoms with van der Waals surface area (Å²) in [7, 11) is 1.50. The van der Waals surface area contributed by atoms with E-state index in [1.807, 2.05) is 30.3 Å². The van der Waals surface area contributed by atoms with Gasteiger partial charge in [0.25, 0.3) is 5.91 Å². The zero-order valence-electron chi connectivity index (χ0n) is 20.8. The summed E-state index contributed by atoms with van der Waals surface area (Å²) >= 11 is 6.22. The van der Waals surface area contributed by atoms with Crippen LogP contribution in [0.3, 0.4) is 0 Å². The molecule has 1 heterocycles. The number of ether oxygens (including phenoxy) is 2. The first-order valence-corrected chi connectivity index (χ1v) is 11.9. The first kappa shape index (κ1) is 25.3. The van der Waals surface area contributed by atoms with Crippen LogP contribution in [-0.4, -0.2) is 24.9 Å². The van der Waals surface area contributed by atoms with Gasteiger partial charge in [-0.15, -0.1) is 0 Å². The van der Waals surface area contributed by atoms with E-state index in [0.29, 0.717) is 33.1 Å². The van der Waals surface area contributed by atoms with Crippen LogP contribution in [0.4, 0.5) is 5.69 Å². The largest absolute Gasteiger partial charge is 0.495 e. The van der Waals surface area contributed by atoms with E-state index < -0.39 is 17.8 Å². The van der Waals surface area contributed by atoms with Crippen molar-refractivity contribution in [1.82, 2.24) is 0 Å². The third-order valence-electron chi connectivity index (χ3n) is 5.87. The third-order valence-corrected chi connectivity index (χ3v) is 6.16.